The van der Waals surface area contributed by atoms with E-state index in [2.05, 4.69) is 4.90 Å². The molecule has 0 atom stereocenters. The normalized spacial score (nSPS) is 13.8. The number of aliphatic hydroxyl groups excluding tert-OH is 1. The lowest BCUT2D eigenvalue weighted by atomic mass is 9.88. The van der Waals surface area contributed by atoms with E-state index in [0.29, 0.717) is 66.1 Å². The maximum atomic E-state index is 13.9. The third-order valence-corrected chi connectivity index (χ3v) is 6.69. The Morgan fingerprint density at radius 2 is 1.68 bits per heavy atom. The van der Waals surface area contributed by atoms with Crippen molar-refractivity contribution in [1.82, 2.24) is 9.80 Å². The number of amides is 1. The van der Waals surface area contributed by atoms with Crippen molar-refractivity contribution in [3.8, 4) is 22.6 Å². The molecule has 1 saturated heterocycles. The highest BCUT2D eigenvalue weighted by Crippen LogP contribution is 2.41. The summed E-state index contributed by atoms with van der Waals surface area (Å²) in [6.45, 7) is 2.53. The number of rotatable bonds is 8. The van der Waals surface area contributed by atoms with Gasteiger partial charge in [-0.15, -0.1) is 0 Å². The molecule has 1 aliphatic heterocycles. The highest BCUT2D eigenvalue weighted by molar-refractivity contribution is 6.17. The maximum absolute atomic E-state index is 13.9. The number of methoxy groups -OCH3 is 3. The fraction of sp³-hybridized carbons (Fsp3) is 0.333. The van der Waals surface area contributed by atoms with E-state index in [1.54, 1.807) is 29.2 Å². The van der Waals surface area contributed by atoms with Crippen molar-refractivity contribution in [1.29, 1.82) is 0 Å². The molecule has 1 fully saturated rings. The molecule has 11 nitrogen and oxygen atoms in total. The van der Waals surface area contributed by atoms with Gasteiger partial charge in [0, 0.05) is 50.4 Å². The van der Waals surface area contributed by atoms with E-state index in [1.807, 2.05) is 0 Å². The SMILES string of the molecule is COC(=O)c1c(C(=O)N2CCN(CCO)CC2)cc2cc(OC)c(OC)cc2c1-c1cccc([N+](=O)[O-])c1. The molecular weight excluding hydrogens is 494 g/mol. The van der Waals surface area contributed by atoms with Gasteiger partial charge in [0.05, 0.1) is 44.0 Å². The van der Waals surface area contributed by atoms with E-state index in [4.69, 9.17) is 14.2 Å². The first-order chi connectivity index (χ1) is 18.3. The molecule has 3 aromatic carbocycles. The van der Waals surface area contributed by atoms with Gasteiger partial charge in [0.15, 0.2) is 11.5 Å². The molecule has 0 aliphatic carbocycles. The lowest BCUT2D eigenvalue weighted by molar-refractivity contribution is -0.384. The van der Waals surface area contributed by atoms with Crippen LogP contribution in [0.2, 0.25) is 0 Å². The molecule has 1 heterocycles. The molecule has 1 amide bonds. The van der Waals surface area contributed by atoms with Crippen LogP contribution in [0, 0.1) is 10.1 Å². The quantitative estimate of drug-likeness (QED) is 0.269. The van der Waals surface area contributed by atoms with Crippen molar-refractivity contribution in [2.45, 2.75) is 0 Å². The van der Waals surface area contributed by atoms with Crippen LogP contribution in [-0.2, 0) is 4.74 Å². The van der Waals surface area contributed by atoms with E-state index >= 15 is 0 Å². The monoisotopic (exact) mass is 523 g/mol. The molecular formula is C27H29N3O8. The molecule has 1 N–H and O–H groups in total. The average Bonchev–Trinajstić information content (AvgIpc) is 2.95. The van der Waals surface area contributed by atoms with Gasteiger partial charge in [-0.2, -0.15) is 0 Å². The zero-order valence-corrected chi connectivity index (χ0v) is 21.4. The van der Waals surface area contributed by atoms with Crippen LogP contribution < -0.4 is 9.47 Å². The number of nitro benzene ring substituents is 1. The van der Waals surface area contributed by atoms with E-state index in [9.17, 15) is 24.8 Å². The van der Waals surface area contributed by atoms with Crippen molar-refractivity contribution in [3.63, 3.8) is 0 Å². The molecule has 0 unspecified atom stereocenters. The number of piperazine rings is 1. The topological polar surface area (TPSA) is 132 Å². The van der Waals surface area contributed by atoms with Crippen LogP contribution in [0.4, 0.5) is 5.69 Å². The summed E-state index contributed by atoms with van der Waals surface area (Å²) in [6.07, 6.45) is 0. The minimum atomic E-state index is -0.745. The van der Waals surface area contributed by atoms with Crippen LogP contribution in [0.25, 0.3) is 21.9 Å². The average molecular weight is 524 g/mol. The second-order valence-electron chi connectivity index (χ2n) is 8.76. The van der Waals surface area contributed by atoms with Crippen LogP contribution in [0.3, 0.4) is 0 Å². The van der Waals surface area contributed by atoms with Gasteiger partial charge in [0.25, 0.3) is 11.6 Å². The Kier molecular flexibility index (Phi) is 8.08. The summed E-state index contributed by atoms with van der Waals surface area (Å²) in [6, 6.07) is 10.9. The smallest absolute Gasteiger partial charge is 0.339 e. The Hall–Kier alpha value is -4.22. The number of fused-ring (bicyclic) bond motifs is 1. The zero-order chi connectivity index (χ0) is 27.4. The lowest BCUT2D eigenvalue weighted by Crippen LogP contribution is -2.49. The summed E-state index contributed by atoms with van der Waals surface area (Å²) in [5, 5.41) is 21.9. The molecule has 3 aromatic rings. The van der Waals surface area contributed by atoms with Gasteiger partial charge in [-0.3, -0.25) is 19.8 Å². The minimum Gasteiger partial charge on any atom is -0.493 e. The molecule has 0 aromatic heterocycles. The van der Waals surface area contributed by atoms with Crippen molar-refractivity contribution in [2.75, 3.05) is 60.7 Å². The molecule has 4 rings (SSSR count). The number of hydrogen-bond acceptors (Lipinski definition) is 9. The summed E-state index contributed by atoms with van der Waals surface area (Å²) in [5.41, 5.74) is 0.661. The predicted octanol–water partition coefficient (Wildman–Crippen LogP) is 2.97. The second kappa shape index (κ2) is 11.4. The first-order valence-corrected chi connectivity index (χ1v) is 12.0. The van der Waals surface area contributed by atoms with Gasteiger partial charge in [-0.25, -0.2) is 4.79 Å². The van der Waals surface area contributed by atoms with Gasteiger partial charge < -0.3 is 24.2 Å². The van der Waals surface area contributed by atoms with E-state index < -0.39 is 10.9 Å². The molecule has 0 bridgehead atoms. The van der Waals surface area contributed by atoms with Crippen molar-refractivity contribution in [2.24, 2.45) is 0 Å². The number of aliphatic hydroxyl groups is 1. The second-order valence-corrected chi connectivity index (χ2v) is 8.76. The standard InChI is InChI=1S/C27H29N3O8/c1-36-22-15-18-14-21(26(32)29-9-7-28(8-10-29)11-12-31)25(27(33)38-3)24(20(18)16-23(22)37-2)17-5-4-6-19(13-17)30(34)35/h4-6,13-16,31H,7-12H2,1-3H3. The van der Waals surface area contributed by atoms with Crippen molar-refractivity contribution in [3.05, 3.63) is 63.7 Å². The summed E-state index contributed by atoms with van der Waals surface area (Å²) in [5.74, 6) is -0.295. The number of non-ortho nitro benzene ring substituents is 1. The number of carbonyl (C=O) groups excluding carboxylic acids is 2. The first kappa shape index (κ1) is 26.8. The Bertz CT molecular complexity index is 1380. The number of ether oxygens (including phenoxy) is 3. The van der Waals surface area contributed by atoms with Crippen molar-refractivity contribution >= 4 is 28.3 Å². The van der Waals surface area contributed by atoms with E-state index in [0.717, 1.165) is 0 Å². The van der Waals surface area contributed by atoms with Gasteiger partial charge in [0.2, 0.25) is 0 Å². The van der Waals surface area contributed by atoms with Crippen molar-refractivity contribution < 1.29 is 33.8 Å². The third kappa shape index (κ3) is 5.11. The number of nitrogens with zero attached hydrogens (tertiary/aromatic N) is 3. The fourth-order valence-electron chi connectivity index (χ4n) is 4.77. The molecule has 1 aliphatic rings. The zero-order valence-electron chi connectivity index (χ0n) is 21.4. The Balaban J connectivity index is 1.99. The maximum Gasteiger partial charge on any atom is 0.339 e. The molecule has 11 heteroatoms. The third-order valence-electron chi connectivity index (χ3n) is 6.69. The Morgan fingerprint density at radius 3 is 2.29 bits per heavy atom. The van der Waals surface area contributed by atoms with E-state index in [1.165, 1.54) is 39.5 Å². The number of hydrogen-bond donors (Lipinski definition) is 1. The predicted molar refractivity (Wildman–Crippen MR) is 140 cm³/mol. The van der Waals surface area contributed by atoms with Crippen LogP contribution in [0.15, 0.2) is 42.5 Å². The largest absolute Gasteiger partial charge is 0.493 e. The first-order valence-electron chi connectivity index (χ1n) is 12.0. The summed E-state index contributed by atoms with van der Waals surface area (Å²) < 4.78 is 16.1. The number of β-amino-alcohol motifs (C(OH)–C–C–N with tert-alkyl or cyclic N) is 1. The lowest BCUT2D eigenvalue weighted by Gasteiger charge is -2.34. The fourth-order valence-corrected chi connectivity index (χ4v) is 4.77. The summed E-state index contributed by atoms with van der Waals surface area (Å²) >= 11 is 0. The summed E-state index contributed by atoms with van der Waals surface area (Å²) in [7, 11) is 4.19. The minimum absolute atomic E-state index is 0.00973. The van der Waals surface area contributed by atoms with E-state index in [-0.39, 0.29) is 29.3 Å². The highest BCUT2D eigenvalue weighted by Gasteiger charge is 2.30. The number of nitro groups is 1. The summed E-state index contributed by atoms with van der Waals surface area (Å²) in [4.78, 5) is 41.9. The van der Waals surface area contributed by atoms with Gasteiger partial charge >= 0.3 is 5.97 Å². The number of benzene rings is 3. The van der Waals surface area contributed by atoms with Crippen LogP contribution in [-0.4, -0.2) is 92.4 Å². The van der Waals surface area contributed by atoms with Crippen LogP contribution in [0.5, 0.6) is 11.5 Å². The Labute approximate surface area is 219 Å². The number of esters is 1. The van der Waals surface area contributed by atoms with Gasteiger partial charge in [-0.1, -0.05) is 12.1 Å². The van der Waals surface area contributed by atoms with Gasteiger partial charge in [-0.05, 0) is 34.5 Å². The molecule has 0 saturated carbocycles. The number of carbonyl (C=O) groups is 2. The molecule has 0 radical (unpaired) electrons. The molecule has 0 spiro atoms. The molecule has 38 heavy (non-hydrogen) atoms. The van der Waals surface area contributed by atoms with Crippen LogP contribution >= 0.6 is 0 Å². The highest BCUT2D eigenvalue weighted by atomic mass is 16.6. The van der Waals surface area contributed by atoms with Crippen LogP contribution in [0.1, 0.15) is 20.7 Å². The van der Waals surface area contributed by atoms with Gasteiger partial charge in [0.1, 0.15) is 0 Å². The molecule has 200 valence electrons. The Morgan fingerprint density at radius 1 is 1.00 bits per heavy atom.